The molecule has 1 saturated carbocycles. The Labute approximate surface area is 196 Å². The molecule has 2 spiro atoms. The number of para-hydroxylation sites is 1. The number of hydrogen-bond acceptors (Lipinski definition) is 3. The van der Waals surface area contributed by atoms with Crippen molar-refractivity contribution in [2.45, 2.75) is 69.1 Å². The van der Waals surface area contributed by atoms with Gasteiger partial charge in [-0.2, -0.15) is 0 Å². The zero-order valence-corrected chi connectivity index (χ0v) is 19.9. The summed E-state index contributed by atoms with van der Waals surface area (Å²) in [5, 5.41) is 15.9. The maximum atomic E-state index is 13.3. The fourth-order valence-electron chi connectivity index (χ4n) is 7.57. The minimum absolute atomic E-state index is 0.00216. The summed E-state index contributed by atoms with van der Waals surface area (Å²) in [6.07, 6.45) is 13.3. The van der Waals surface area contributed by atoms with Crippen molar-refractivity contribution in [3.05, 3.63) is 70.5 Å². The Hall–Kier alpha value is -2.21. The van der Waals surface area contributed by atoms with Gasteiger partial charge in [0.25, 0.3) is 5.91 Å². The molecule has 3 aliphatic carbocycles. The number of ether oxygens (including phenoxy) is 1. The van der Waals surface area contributed by atoms with E-state index in [1.807, 2.05) is 30.3 Å². The van der Waals surface area contributed by atoms with Crippen molar-refractivity contribution in [2.75, 3.05) is 19.4 Å². The number of fused-ring (bicyclic) bond motifs is 1. The van der Waals surface area contributed by atoms with Crippen molar-refractivity contribution >= 4 is 11.6 Å². The fraction of sp³-hybridized carbons (Fsp3) is 0.536. The number of carbonyl (C=O) groups excluding carboxylic acids is 1. The van der Waals surface area contributed by atoms with Gasteiger partial charge >= 0.3 is 0 Å². The van der Waals surface area contributed by atoms with E-state index < -0.39 is 0 Å². The highest BCUT2D eigenvalue weighted by molar-refractivity contribution is 6.05. The minimum atomic E-state index is -0.344. The normalized spacial score (nSPS) is 39.0. The first-order chi connectivity index (χ1) is 15.7. The number of carbonyl (C=O) groups is 1. The minimum Gasteiger partial charge on any atom is -0.633 e. The number of benzene rings is 1. The van der Waals surface area contributed by atoms with Gasteiger partial charge in [-0.1, -0.05) is 43.4 Å². The van der Waals surface area contributed by atoms with Gasteiger partial charge in [0, 0.05) is 35.4 Å². The summed E-state index contributed by atoms with van der Waals surface area (Å²) in [4.78, 5) is 13.3. The molecule has 1 aromatic rings. The molecule has 0 radical (unpaired) electrons. The van der Waals surface area contributed by atoms with Crippen molar-refractivity contribution in [1.29, 1.82) is 0 Å². The topological polar surface area (TPSA) is 61.4 Å². The Balaban J connectivity index is 1.32. The van der Waals surface area contributed by atoms with Crippen molar-refractivity contribution in [3.8, 4) is 0 Å². The van der Waals surface area contributed by atoms with Crippen LogP contribution >= 0.6 is 0 Å². The first-order valence-corrected chi connectivity index (χ1v) is 12.4. The summed E-state index contributed by atoms with van der Waals surface area (Å²) in [7, 11) is 3.54. The molecule has 0 aromatic heterocycles. The van der Waals surface area contributed by atoms with Crippen LogP contribution in [0.2, 0.25) is 0 Å². The van der Waals surface area contributed by atoms with E-state index in [-0.39, 0.29) is 39.1 Å². The molecule has 5 aliphatic rings. The maximum Gasteiger partial charge on any atom is 0.251 e. The van der Waals surface area contributed by atoms with Gasteiger partial charge in [-0.05, 0) is 55.4 Å². The Morgan fingerprint density at radius 3 is 2.73 bits per heavy atom. The second-order valence-corrected chi connectivity index (χ2v) is 11.5. The van der Waals surface area contributed by atoms with Gasteiger partial charge < -0.3 is 19.9 Å². The molecule has 1 saturated heterocycles. The Morgan fingerprint density at radius 1 is 1.18 bits per heavy atom. The summed E-state index contributed by atoms with van der Waals surface area (Å²) in [5.41, 5.74) is 3.54. The van der Waals surface area contributed by atoms with E-state index in [0.717, 1.165) is 56.2 Å². The van der Waals surface area contributed by atoms with Crippen molar-refractivity contribution in [1.82, 2.24) is 0 Å². The monoisotopic (exact) mass is 446 g/mol. The molecular weight excluding hydrogens is 412 g/mol. The zero-order chi connectivity index (χ0) is 23.1. The summed E-state index contributed by atoms with van der Waals surface area (Å²) in [6.45, 7) is 2.25. The number of hydroxylamine groups is 3. The first kappa shape index (κ1) is 21.3. The molecule has 2 heterocycles. The lowest BCUT2D eigenvalue weighted by Gasteiger charge is -2.55. The van der Waals surface area contributed by atoms with E-state index in [0.29, 0.717) is 0 Å². The highest BCUT2D eigenvalue weighted by Gasteiger charge is 2.66. The van der Waals surface area contributed by atoms with Crippen LogP contribution in [0.1, 0.15) is 51.9 Å². The molecule has 1 aromatic carbocycles. The number of amides is 1. The largest absolute Gasteiger partial charge is 0.633 e. The molecule has 33 heavy (non-hydrogen) atoms. The van der Waals surface area contributed by atoms with Gasteiger partial charge in [0.15, 0.2) is 0 Å². The predicted octanol–water partition coefficient (Wildman–Crippen LogP) is 5.26. The molecule has 2 fully saturated rings. The van der Waals surface area contributed by atoms with E-state index in [1.165, 1.54) is 11.1 Å². The number of nitrogens with zero attached hydrogens (tertiary/aromatic N) is 1. The summed E-state index contributed by atoms with van der Waals surface area (Å²) in [5.74, 6) is 0.246. The standard InChI is InChI=1S/C28H34N2O3/c1-26-14-13-20-17-19-9-10-22(30(2,3)32)18-27(19)15-16-28(20,33-27)24(26)12-11-23(26)25(31)29-21-7-5-4-6-8-21/h4-8,11,13,17,22,24H,9-10,12,14-16,18H2,1-3H3,(H,29,31)/t22-,24+,26+,27+,28+/m0/s1. The van der Waals surface area contributed by atoms with Gasteiger partial charge in [-0.25, -0.2) is 0 Å². The predicted molar refractivity (Wildman–Crippen MR) is 129 cm³/mol. The molecule has 174 valence electrons. The van der Waals surface area contributed by atoms with Gasteiger partial charge in [0.05, 0.1) is 31.3 Å². The van der Waals surface area contributed by atoms with E-state index >= 15 is 0 Å². The third-order valence-corrected chi connectivity index (χ3v) is 9.40. The van der Waals surface area contributed by atoms with Gasteiger partial charge in [0.1, 0.15) is 0 Å². The van der Waals surface area contributed by atoms with Gasteiger partial charge in [0.2, 0.25) is 0 Å². The van der Waals surface area contributed by atoms with E-state index in [1.54, 1.807) is 14.1 Å². The van der Waals surface area contributed by atoms with Crippen LogP contribution in [0.4, 0.5) is 5.69 Å². The number of quaternary nitrogens is 1. The van der Waals surface area contributed by atoms with Crippen LogP contribution in [0, 0.1) is 16.5 Å². The number of rotatable bonds is 3. The fourth-order valence-corrected chi connectivity index (χ4v) is 7.57. The molecule has 5 atom stereocenters. The highest BCUT2D eigenvalue weighted by atomic mass is 16.5. The summed E-state index contributed by atoms with van der Waals surface area (Å²) >= 11 is 0. The average molecular weight is 447 g/mol. The summed E-state index contributed by atoms with van der Waals surface area (Å²) in [6, 6.07) is 9.76. The summed E-state index contributed by atoms with van der Waals surface area (Å²) < 4.78 is 6.93. The quantitative estimate of drug-likeness (QED) is 0.509. The number of hydrogen-bond donors (Lipinski definition) is 1. The average Bonchev–Trinajstić information content (AvgIpc) is 3.29. The van der Waals surface area contributed by atoms with E-state index in [4.69, 9.17) is 4.74 Å². The highest BCUT2D eigenvalue weighted by Crippen LogP contribution is 2.66. The van der Waals surface area contributed by atoms with Gasteiger partial charge in [-0.3, -0.25) is 4.79 Å². The molecule has 6 rings (SSSR count). The van der Waals surface area contributed by atoms with Crippen LogP contribution in [-0.4, -0.2) is 41.9 Å². The lowest BCUT2D eigenvalue weighted by molar-refractivity contribution is -0.869. The van der Waals surface area contributed by atoms with Crippen LogP contribution in [0.25, 0.3) is 0 Å². The van der Waals surface area contributed by atoms with Crippen LogP contribution in [0.3, 0.4) is 0 Å². The maximum absolute atomic E-state index is 13.3. The smallest absolute Gasteiger partial charge is 0.251 e. The van der Waals surface area contributed by atoms with Crippen LogP contribution in [-0.2, 0) is 9.53 Å². The zero-order valence-electron chi connectivity index (χ0n) is 19.9. The van der Waals surface area contributed by atoms with Crippen molar-refractivity contribution < 1.29 is 14.2 Å². The number of nitrogens with one attached hydrogen (secondary N) is 1. The van der Waals surface area contributed by atoms with Crippen LogP contribution < -0.4 is 5.32 Å². The number of allylic oxidation sites excluding steroid dienone is 2. The lowest BCUT2D eigenvalue weighted by atomic mass is 9.59. The van der Waals surface area contributed by atoms with Gasteiger partial charge in [-0.15, -0.1) is 0 Å². The Kier molecular flexibility index (Phi) is 4.46. The first-order valence-electron chi connectivity index (χ1n) is 12.4. The molecule has 0 unspecified atom stereocenters. The SMILES string of the molecule is C[C@]12CC=C3C=C4CC[C@H]([N+](C)(C)[O-])C[C@]45CC[C@]3(O5)[C@@H]1CC=C2C(=O)Nc1ccccc1. The van der Waals surface area contributed by atoms with Crippen LogP contribution in [0.5, 0.6) is 0 Å². The second kappa shape index (κ2) is 6.91. The molecule has 5 heteroatoms. The lowest BCUT2D eigenvalue weighted by Crippen LogP contribution is -2.57. The second-order valence-electron chi connectivity index (χ2n) is 11.5. The molecule has 1 amide bonds. The van der Waals surface area contributed by atoms with Crippen molar-refractivity contribution in [2.24, 2.45) is 11.3 Å². The van der Waals surface area contributed by atoms with Crippen molar-refractivity contribution in [3.63, 3.8) is 0 Å². The number of anilines is 1. The van der Waals surface area contributed by atoms with E-state index in [9.17, 15) is 10.0 Å². The molecule has 2 aliphatic heterocycles. The Bertz CT molecular complexity index is 1100. The van der Waals surface area contributed by atoms with Crippen LogP contribution in [0.15, 0.2) is 65.3 Å². The Morgan fingerprint density at radius 2 is 1.97 bits per heavy atom. The molecular formula is C28H34N2O3. The third-order valence-electron chi connectivity index (χ3n) is 9.40. The molecule has 1 N–H and O–H groups in total. The third kappa shape index (κ3) is 2.99. The molecule has 5 nitrogen and oxygen atoms in total. The van der Waals surface area contributed by atoms with E-state index in [2.05, 4.69) is 30.5 Å². The molecule has 2 bridgehead atoms.